The van der Waals surface area contributed by atoms with Crippen LogP contribution < -0.4 is 5.73 Å². The lowest BCUT2D eigenvalue weighted by molar-refractivity contribution is 0.192. The van der Waals surface area contributed by atoms with Crippen molar-refractivity contribution in [3.63, 3.8) is 0 Å². The highest BCUT2D eigenvalue weighted by Gasteiger charge is 2.32. The summed E-state index contributed by atoms with van der Waals surface area (Å²) < 4.78 is 0. The highest BCUT2D eigenvalue weighted by atomic mass is 35.5. The van der Waals surface area contributed by atoms with Crippen LogP contribution in [0.15, 0.2) is 24.3 Å². The molecule has 94 valence electrons. The quantitative estimate of drug-likeness (QED) is 0.896. The third-order valence-corrected chi connectivity index (χ3v) is 4.06. The van der Waals surface area contributed by atoms with Crippen molar-refractivity contribution < 1.29 is 0 Å². The van der Waals surface area contributed by atoms with Crippen LogP contribution in [-0.2, 0) is 0 Å². The summed E-state index contributed by atoms with van der Waals surface area (Å²) in [5.41, 5.74) is 7.13. The van der Waals surface area contributed by atoms with Gasteiger partial charge in [-0.05, 0) is 30.9 Å². The van der Waals surface area contributed by atoms with E-state index in [-0.39, 0.29) is 6.04 Å². The number of nitrogens with zero attached hydrogens (tertiary/aromatic N) is 1. The predicted octanol–water partition coefficient (Wildman–Crippen LogP) is 3.07. The average Bonchev–Trinajstić information content (AvgIpc) is 2.62. The molecule has 0 bridgehead atoms. The van der Waals surface area contributed by atoms with E-state index >= 15 is 0 Å². The third-order valence-electron chi connectivity index (χ3n) is 3.72. The molecule has 1 heterocycles. The van der Waals surface area contributed by atoms with Crippen molar-refractivity contribution >= 4 is 11.6 Å². The summed E-state index contributed by atoms with van der Waals surface area (Å²) in [4.78, 5) is 2.49. The van der Waals surface area contributed by atoms with E-state index in [0.717, 1.165) is 23.0 Å². The fourth-order valence-electron chi connectivity index (χ4n) is 2.95. The number of halogens is 1. The molecule has 0 aliphatic carbocycles. The minimum Gasteiger partial charge on any atom is -0.329 e. The van der Waals surface area contributed by atoms with Gasteiger partial charge in [0.1, 0.15) is 0 Å². The van der Waals surface area contributed by atoms with Crippen LogP contribution in [-0.4, -0.2) is 24.0 Å². The van der Waals surface area contributed by atoms with Crippen molar-refractivity contribution in [1.29, 1.82) is 0 Å². The Bertz CT molecular complexity index is 380. The van der Waals surface area contributed by atoms with Crippen molar-refractivity contribution in [3.05, 3.63) is 34.9 Å². The fourth-order valence-corrected chi connectivity index (χ4v) is 3.21. The van der Waals surface area contributed by atoms with Gasteiger partial charge in [-0.25, -0.2) is 0 Å². The number of hydrogen-bond donors (Lipinski definition) is 1. The molecule has 17 heavy (non-hydrogen) atoms. The Morgan fingerprint density at radius 1 is 1.41 bits per heavy atom. The number of likely N-dealkylation sites (tertiary alicyclic amines) is 1. The highest BCUT2D eigenvalue weighted by molar-refractivity contribution is 6.31. The van der Waals surface area contributed by atoms with Gasteiger partial charge in [0.15, 0.2) is 0 Å². The summed E-state index contributed by atoms with van der Waals surface area (Å²) in [5, 5.41) is 0.828. The molecule has 1 saturated heterocycles. The monoisotopic (exact) mass is 252 g/mol. The first kappa shape index (κ1) is 12.9. The second-order valence-electron chi connectivity index (χ2n) is 5.16. The van der Waals surface area contributed by atoms with Crippen molar-refractivity contribution in [2.45, 2.75) is 32.4 Å². The molecule has 3 unspecified atom stereocenters. The van der Waals surface area contributed by atoms with Gasteiger partial charge < -0.3 is 5.73 Å². The number of benzene rings is 1. The number of nitrogens with two attached hydrogens (primary N) is 1. The highest BCUT2D eigenvalue weighted by Crippen LogP contribution is 2.34. The summed E-state index contributed by atoms with van der Waals surface area (Å²) in [6.07, 6.45) is 1.25. The van der Waals surface area contributed by atoms with Crippen molar-refractivity contribution in [3.8, 4) is 0 Å². The Hall–Kier alpha value is -0.570. The molecule has 3 atom stereocenters. The summed E-state index contributed by atoms with van der Waals surface area (Å²) in [7, 11) is 0. The third kappa shape index (κ3) is 2.65. The Morgan fingerprint density at radius 3 is 2.65 bits per heavy atom. The van der Waals surface area contributed by atoms with E-state index in [1.807, 2.05) is 18.2 Å². The van der Waals surface area contributed by atoms with Gasteiger partial charge in [0.25, 0.3) is 0 Å². The molecule has 1 aromatic carbocycles. The lowest BCUT2D eigenvalue weighted by atomic mass is 10.0. The van der Waals surface area contributed by atoms with Crippen LogP contribution in [0, 0.1) is 5.92 Å². The lowest BCUT2D eigenvalue weighted by Gasteiger charge is -2.31. The minimum atomic E-state index is 0.253. The Labute approximate surface area is 109 Å². The van der Waals surface area contributed by atoms with Gasteiger partial charge in [-0.2, -0.15) is 0 Å². The maximum atomic E-state index is 6.28. The fraction of sp³-hybridized carbons (Fsp3) is 0.571. The van der Waals surface area contributed by atoms with Gasteiger partial charge >= 0.3 is 0 Å². The number of rotatable bonds is 3. The molecule has 0 radical (unpaired) electrons. The van der Waals surface area contributed by atoms with Gasteiger partial charge in [0, 0.05) is 30.2 Å². The van der Waals surface area contributed by atoms with Crippen LogP contribution in [0.4, 0.5) is 0 Å². The van der Waals surface area contributed by atoms with E-state index in [1.165, 1.54) is 6.42 Å². The normalized spacial score (nSPS) is 27.3. The first-order chi connectivity index (χ1) is 8.13. The standard InChI is InChI=1S/C14H21ClN2/c1-10-7-11(2)17(9-10)14(8-16)12-5-3-4-6-13(12)15/h3-6,10-11,14H,7-9,16H2,1-2H3. The topological polar surface area (TPSA) is 29.3 Å². The van der Waals surface area contributed by atoms with Crippen molar-refractivity contribution in [2.24, 2.45) is 11.7 Å². The molecule has 1 fully saturated rings. The molecule has 0 aromatic heterocycles. The van der Waals surface area contributed by atoms with E-state index in [4.69, 9.17) is 17.3 Å². The van der Waals surface area contributed by atoms with Crippen LogP contribution >= 0.6 is 11.6 Å². The van der Waals surface area contributed by atoms with Crippen LogP contribution in [0.1, 0.15) is 31.9 Å². The SMILES string of the molecule is CC1CC(C)N(C(CN)c2ccccc2Cl)C1. The van der Waals surface area contributed by atoms with Crippen LogP contribution in [0.2, 0.25) is 5.02 Å². The predicted molar refractivity (Wildman–Crippen MR) is 73.2 cm³/mol. The summed E-state index contributed by atoms with van der Waals surface area (Å²) in [6, 6.07) is 8.89. The molecule has 0 amide bonds. The van der Waals surface area contributed by atoms with Crippen molar-refractivity contribution in [2.75, 3.05) is 13.1 Å². The molecule has 1 aliphatic heterocycles. The van der Waals surface area contributed by atoms with Gasteiger partial charge in [0.2, 0.25) is 0 Å². The molecule has 1 aliphatic rings. The number of hydrogen-bond acceptors (Lipinski definition) is 2. The van der Waals surface area contributed by atoms with Gasteiger partial charge in [-0.3, -0.25) is 4.90 Å². The molecule has 2 rings (SSSR count). The first-order valence-electron chi connectivity index (χ1n) is 6.33. The smallest absolute Gasteiger partial charge is 0.0488 e. The molecule has 3 heteroatoms. The summed E-state index contributed by atoms with van der Waals surface area (Å²) in [6.45, 7) is 6.33. The lowest BCUT2D eigenvalue weighted by Crippen LogP contribution is -2.36. The summed E-state index contributed by atoms with van der Waals surface area (Å²) >= 11 is 6.28. The Balaban J connectivity index is 2.25. The largest absolute Gasteiger partial charge is 0.329 e. The van der Waals surface area contributed by atoms with E-state index in [9.17, 15) is 0 Å². The van der Waals surface area contributed by atoms with Crippen LogP contribution in [0.5, 0.6) is 0 Å². The summed E-state index contributed by atoms with van der Waals surface area (Å²) in [5.74, 6) is 0.751. The van der Waals surface area contributed by atoms with E-state index in [0.29, 0.717) is 12.6 Å². The molecule has 1 aromatic rings. The second kappa shape index (κ2) is 5.38. The second-order valence-corrected chi connectivity index (χ2v) is 5.57. The zero-order valence-corrected chi connectivity index (χ0v) is 11.3. The van der Waals surface area contributed by atoms with Gasteiger partial charge in [-0.1, -0.05) is 36.7 Å². The molecule has 2 N–H and O–H groups in total. The Morgan fingerprint density at radius 2 is 2.12 bits per heavy atom. The van der Waals surface area contributed by atoms with E-state index < -0.39 is 0 Å². The van der Waals surface area contributed by atoms with Gasteiger partial charge in [-0.15, -0.1) is 0 Å². The first-order valence-corrected chi connectivity index (χ1v) is 6.71. The molecule has 0 spiro atoms. The zero-order valence-electron chi connectivity index (χ0n) is 10.6. The zero-order chi connectivity index (χ0) is 12.4. The minimum absolute atomic E-state index is 0.253. The molecule has 0 saturated carbocycles. The van der Waals surface area contributed by atoms with Gasteiger partial charge in [0.05, 0.1) is 0 Å². The molecule has 2 nitrogen and oxygen atoms in total. The maximum absolute atomic E-state index is 6.28. The molecular formula is C14H21ClN2. The average molecular weight is 253 g/mol. The van der Waals surface area contributed by atoms with Crippen molar-refractivity contribution in [1.82, 2.24) is 4.90 Å². The molecular weight excluding hydrogens is 232 g/mol. The van der Waals surface area contributed by atoms with Crippen LogP contribution in [0.25, 0.3) is 0 Å². The Kier molecular flexibility index (Phi) is 4.08. The van der Waals surface area contributed by atoms with Crippen LogP contribution in [0.3, 0.4) is 0 Å². The maximum Gasteiger partial charge on any atom is 0.0488 e. The van der Waals surface area contributed by atoms with E-state index in [2.05, 4.69) is 24.8 Å². The van der Waals surface area contributed by atoms with E-state index in [1.54, 1.807) is 0 Å².